The van der Waals surface area contributed by atoms with Crippen LogP contribution in [0.5, 0.6) is 0 Å². The molecule has 20 heavy (non-hydrogen) atoms. The Morgan fingerprint density at radius 3 is 2.55 bits per heavy atom. The Balaban J connectivity index is 1.95. The summed E-state index contributed by atoms with van der Waals surface area (Å²) >= 11 is 0. The van der Waals surface area contributed by atoms with Gasteiger partial charge in [0, 0.05) is 30.5 Å². The molecule has 0 bridgehead atoms. The largest absolute Gasteiger partial charge is 0.368 e. The Bertz CT molecular complexity index is 589. The Morgan fingerprint density at radius 2 is 1.85 bits per heavy atom. The first-order valence-electron chi connectivity index (χ1n) is 6.92. The van der Waals surface area contributed by atoms with Gasteiger partial charge in [-0.3, -0.25) is 4.98 Å². The maximum absolute atomic E-state index is 5.82. The van der Waals surface area contributed by atoms with Gasteiger partial charge in [0.25, 0.3) is 0 Å². The molecule has 2 aromatic heterocycles. The van der Waals surface area contributed by atoms with Crippen LogP contribution >= 0.6 is 0 Å². The number of aromatic nitrogens is 4. The number of piperidine rings is 1. The van der Waals surface area contributed by atoms with Crippen molar-refractivity contribution in [2.75, 3.05) is 23.7 Å². The van der Waals surface area contributed by atoms with Crippen molar-refractivity contribution in [3.8, 4) is 11.4 Å². The molecule has 6 heteroatoms. The molecule has 2 aromatic rings. The molecule has 3 rings (SSSR count). The molecule has 2 N–H and O–H groups in total. The number of pyridine rings is 1. The summed E-state index contributed by atoms with van der Waals surface area (Å²) in [5, 5.41) is 0. The second kappa shape index (κ2) is 5.40. The number of nitrogen functional groups attached to an aromatic ring is 1. The normalized spacial score (nSPS) is 15.3. The topological polar surface area (TPSA) is 80.8 Å². The molecule has 0 aliphatic carbocycles. The lowest BCUT2D eigenvalue weighted by atomic mass is 10.1. The van der Waals surface area contributed by atoms with Crippen LogP contribution in [0, 0.1) is 6.92 Å². The van der Waals surface area contributed by atoms with E-state index >= 15 is 0 Å². The minimum atomic E-state index is 0.260. The highest BCUT2D eigenvalue weighted by Crippen LogP contribution is 2.20. The Hall–Kier alpha value is -2.24. The molecule has 6 nitrogen and oxygen atoms in total. The van der Waals surface area contributed by atoms with Gasteiger partial charge in [0.15, 0.2) is 5.82 Å². The van der Waals surface area contributed by atoms with E-state index in [4.69, 9.17) is 5.73 Å². The van der Waals surface area contributed by atoms with E-state index in [1.165, 1.54) is 19.3 Å². The van der Waals surface area contributed by atoms with Gasteiger partial charge in [-0.15, -0.1) is 0 Å². The van der Waals surface area contributed by atoms with E-state index in [1.807, 2.05) is 19.1 Å². The van der Waals surface area contributed by atoms with Gasteiger partial charge in [0.05, 0.1) is 0 Å². The summed E-state index contributed by atoms with van der Waals surface area (Å²) < 4.78 is 0. The van der Waals surface area contributed by atoms with Crippen LogP contribution in [-0.2, 0) is 0 Å². The molecule has 3 heterocycles. The SMILES string of the molecule is Cc1ccc(-c2nc(N)nc(N3CCCCC3)n2)cn1. The highest BCUT2D eigenvalue weighted by atomic mass is 15.3. The van der Waals surface area contributed by atoms with Gasteiger partial charge in [-0.1, -0.05) is 0 Å². The van der Waals surface area contributed by atoms with E-state index in [9.17, 15) is 0 Å². The van der Waals surface area contributed by atoms with Gasteiger partial charge in [-0.05, 0) is 38.3 Å². The summed E-state index contributed by atoms with van der Waals surface area (Å²) in [6.07, 6.45) is 5.38. The summed E-state index contributed by atoms with van der Waals surface area (Å²) in [6.45, 7) is 3.91. The van der Waals surface area contributed by atoms with Crippen LogP contribution in [0.15, 0.2) is 18.3 Å². The second-order valence-corrected chi connectivity index (χ2v) is 5.05. The van der Waals surface area contributed by atoms with E-state index in [0.29, 0.717) is 11.8 Å². The third kappa shape index (κ3) is 2.68. The lowest BCUT2D eigenvalue weighted by molar-refractivity contribution is 0.568. The quantitative estimate of drug-likeness (QED) is 0.896. The zero-order chi connectivity index (χ0) is 13.9. The van der Waals surface area contributed by atoms with Gasteiger partial charge in [-0.2, -0.15) is 15.0 Å². The summed E-state index contributed by atoms with van der Waals surface area (Å²) in [4.78, 5) is 19.5. The number of rotatable bonds is 2. The molecule has 1 saturated heterocycles. The summed E-state index contributed by atoms with van der Waals surface area (Å²) in [7, 11) is 0. The number of aryl methyl sites for hydroxylation is 1. The third-order valence-electron chi connectivity index (χ3n) is 3.45. The van der Waals surface area contributed by atoms with Crippen molar-refractivity contribution in [2.45, 2.75) is 26.2 Å². The van der Waals surface area contributed by atoms with E-state index in [0.717, 1.165) is 24.3 Å². The lowest BCUT2D eigenvalue weighted by Gasteiger charge is -2.26. The molecule has 0 aromatic carbocycles. The average molecular weight is 270 g/mol. The summed E-state index contributed by atoms with van der Waals surface area (Å²) in [5.74, 6) is 1.52. The first kappa shape index (κ1) is 12.8. The van der Waals surface area contributed by atoms with Crippen molar-refractivity contribution in [1.82, 2.24) is 19.9 Å². The van der Waals surface area contributed by atoms with Crippen LogP contribution in [0.3, 0.4) is 0 Å². The molecule has 0 radical (unpaired) electrons. The monoisotopic (exact) mass is 270 g/mol. The fourth-order valence-electron chi connectivity index (χ4n) is 2.35. The van der Waals surface area contributed by atoms with Gasteiger partial charge >= 0.3 is 0 Å². The molecule has 0 unspecified atom stereocenters. The molecule has 1 aliphatic rings. The van der Waals surface area contributed by atoms with E-state index in [2.05, 4.69) is 24.8 Å². The van der Waals surface area contributed by atoms with Crippen molar-refractivity contribution >= 4 is 11.9 Å². The van der Waals surface area contributed by atoms with Crippen molar-refractivity contribution in [2.24, 2.45) is 0 Å². The van der Waals surface area contributed by atoms with Crippen LogP contribution < -0.4 is 10.6 Å². The molecule has 0 atom stereocenters. The fraction of sp³-hybridized carbons (Fsp3) is 0.429. The van der Waals surface area contributed by atoms with Gasteiger partial charge in [0.1, 0.15) is 0 Å². The van der Waals surface area contributed by atoms with Crippen molar-refractivity contribution in [1.29, 1.82) is 0 Å². The Labute approximate surface area is 118 Å². The fourth-order valence-corrected chi connectivity index (χ4v) is 2.35. The highest BCUT2D eigenvalue weighted by molar-refractivity contribution is 5.56. The summed E-state index contributed by atoms with van der Waals surface area (Å²) in [6, 6.07) is 3.90. The number of nitrogens with zero attached hydrogens (tertiary/aromatic N) is 5. The lowest BCUT2D eigenvalue weighted by Crippen LogP contribution is -2.31. The van der Waals surface area contributed by atoms with E-state index < -0.39 is 0 Å². The Morgan fingerprint density at radius 1 is 1.05 bits per heavy atom. The molecule has 1 aliphatic heterocycles. The molecule has 0 spiro atoms. The molecular weight excluding hydrogens is 252 g/mol. The third-order valence-corrected chi connectivity index (χ3v) is 3.45. The Kier molecular flexibility index (Phi) is 3.45. The number of anilines is 2. The van der Waals surface area contributed by atoms with Crippen molar-refractivity contribution in [3.05, 3.63) is 24.0 Å². The maximum Gasteiger partial charge on any atom is 0.230 e. The first-order valence-corrected chi connectivity index (χ1v) is 6.92. The van der Waals surface area contributed by atoms with Gasteiger partial charge in [-0.25, -0.2) is 0 Å². The molecular formula is C14H18N6. The summed E-state index contributed by atoms with van der Waals surface area (Å²) in [5.41, 5.74) is 7.65. The average Bonchev–Trinajstić information content (AvgIpc) is 2.48. The number of hydrogen-bond acceptors (Lipinski definition) is 6. The minimum Gasteiger partial charge on any atom is -0.368 e. The number of hydrogen-bond donors (Lipinski definition) is 1. The van der Waals surface area contributed by atoms with Crippen LogP contribution in [-0.4, -0.2) is 33.0 Å². The predicted molar refractivity (Wildman–Crippen MR) is 78.3 cm³/mol. The zero-order valence-electron chi connectivity index (χ0n) is 11.6. The van der Waals surface area contributed by atoms with Crippen LogP contribution in [0.4, 0.5) is 11.9 Å². The van der Waals surface area contributed by atoms with Crippen molar-refractivity contribution < 1.29 is 0 Å². The van der Waals surface area contributed by atoms with Crippen LogP contribution in [0.25, 0.3) is 11.4 Å². The highest BCUT2D eigenvalue weighted by Gasteiger charge is 2.16. The maximum atomic E-state index is 5.82. The molecule has 0 amide bonds. The van der Waals surface area contributed by atoms with Gasteiger partial charge < -0.3 is 10.6 Å². The molecule has 0 saturated carbocycles. The van der Waals surface area contributed by atoms with Gasteiger partial charge in [0.2, 0.25) is 11.9 Å². The molecule has 104 valence electrons. The smallest absolute Gasteiger partial charge is 0.230 e. The number of nitrogens with two attached hydrogens (primary N) is 1. The van der Waals surface area contributed by atoms with Crippen LogP contribution in [0.2, 0.25) is 0 Å². The predicted octanol–water partition coefficient (Wildman–Crippen LogP) is 1.81. The van der Waals surface area contributed by atoms with E-state index in [-0.39, 0.29) is 5.95 Å². The molecule has 1 fully saturated rings. The van der Waals surface area contributed by atoms with Crippen LogP contribution in [0.1, 0.15) is 25.0 Å². The zero-order valence-corrected chi connectivity index (χ0v) is 11.6. The minimum absolute atomic E-state index is 0.260. The second-order valence-electron chi connectivity index (χ2n) is 5.05. The first-order chi connectivity index (χ1) is 9.72. The standard InChI is InChI=1S/C14H18N6/c1-10-5-6-11(9-16-10)12-17-13(15)19-14(18-12)20-7-3-2-4-8-20/h5-6,9H,2-4,7-8H2,1H3,(H2,15,17,18,19). The van der Waals surface area contributed by atoms with E-state index in [1.54, 1.807) is 6.20 Å². The van der Waals surface area contributed by atoms with Crippen molar-refractivity contribution in [3.63, 3.8) is 0 Å².